The van der Waals surface area contributed by atoms with Gasteiger partial charge in [-0.3, -0.25) is 10.1 Å². The first kappa shape index (κ1) is 20.6. The zero-order valence-electron chi connectivity index (χ0n) is 16.3. The molecule has 1 unspecified atom stereocenters. The summed E-state index contributed by atoms with van der Waals surface area (Å²) in [6, 6.07) is 27.2. The third-order valence-electron chi connectivity index (χ3n) is 4.49. The number of ether oxygens (including phenoxy) is 1. The van der Waals surface area contributed by atoms with Crippen LogP contribution < -0.4 is 15.4 Å². The number of thiocarbonyl (C=S) groups is 1. The lowest BCUT2D eigenvalue weighted by molar-refractivity contribution is 0.0976. The maximum Gasteiger partial charge on any atom is 0.257 e. The molecule has 0 bridgehead atoms. The van der Waals surface area contributed by atoms with E-state index in [1.54, 1.807) is 24.3 Å². The fraction of sp³-hybridized carbons (Fsp3) is 0.167. The lowest BCUT2D eigenvalue weighted by atomic mass is 10.1. The van der Waals surface area contributed by atoms with Crippen molar-refractivity contribution in [3.63, 3.8) is 0 Å². The summed E-state index contributed by atoms with van der Waals surface area (Å²) in [5.41, 5.74) is 2.85. The Morgan fingerprint density at radius 2 is 1.55 bits per heavy atom. The summed E-state index contributed by atoms with van der Waals surface area (Å²) < 4.78 is 5.76. The van der Waals surface area contributed by atoms with Gasteiger partial charge in [-0.25, -0.2) is 0 Å². The number of nitrogens with one attached hydrogen (secondary N) is 2. The van der Waals surface area contributed by atoms with E-state index in [1.807, 2.05) is 55.5 Å². The molecule has 0 spiro atoms. The average Bonchev–Trinajstić information content (AvgIpc) is 2.75. The number of amides is 1. The highest BCUT2D eigenvalue weighted by Crippen LogP contribution is 2.14. The van der Waals surface area contributed by atoms with E-state index < -0.39 is 0 Å². The minimum Gasteiger partial charge on any atom is -0.493 e. The Hall–Kier alpha value is -3.18. The van der Waals surface area contributed by atoms with Gasteiger partial charge in [0.1, 0.15) is 5.75 Å². The molecule has 4 nitrogen and oxygen atoms in total. The van der Waals surface area contributed by atoms with Crippen LogP contribution in [0.25, 0.3) is 0 Å². The molecule has 1 amide bonds. The number of carbonyl (C=O) groups excluding carboxylic acids is 1. The third kappa shape index (κ3) is 6.43. The first-order valence-electron chi connectivity index (χ1n) is 9.55. The predicted molar refractivity (Wildman–Crippen MR) is 120 cm³/mol. The molecule has 0 saturated heterocycles. The number of hydrogen-bond donors (Lipinski definition) is 2. The van der Waals surface area contributed by atoms with Crippen LogP contribution in [0, 0.1) is 0 Å². The summed E-state index contributed by atoms with van der Waals surface area (Å²) >= 11 is 5.27. The SMILES string of the molecule is CC(NC(=S)NC(=O)c1ccc(OCCc2ccccc2)cc1)c1ccccc1. The Morgan fingerprint density at radius 3 is 2.21 bits per heavy atom. The van der Waals surface area contributed by atoms with Gasteiger partial charge in [-0.05, 0) is 54.5 Å². The highest BCUT2D eigenvalue weighted by atomic mass is 32.1. The smallest absolute Gasteiger partial charge is 0.257 e. The molecule has 148 valence electrons. The van der Waals surface area contributed by atoms with Crippen LogP contribution in [0.3, 0.4) is 0 Å². The minimum absolute atomic E-state index is 0.00407. The number of rotatable bonds is 7. The van der Waals surface area contributed by atoms with Crippen LogP contribution in [0.2, 0.25) is 0 Å². The van der Waals surface area contributed by atoms with Crippen LogP contribution in [-0.4, -0.2) is 17.6 Å². The van der Waals surface area contributed by atoms with Gasteiger partial charge < -0.3 is 10.1 Å². The molecule has 2 N–H and O–H groups in total. The predicted octanol–water partition coefficient (Wildman–Crippen LogP) is 4.67. The van der Waals surface area contributed by atoms with E-state index in [0.717, 1.165) is 17.7 Å². The average molecular weight is 405 g/mol. The normalized spacial score (nSPS) is 11.3. The van der Waals surface area contributed by atoms with Crippen LogP contribution in [0.5, 0.6) is 5.75 Å². The summed E-state index contributed by atoms with van der Waals surface area (Å²) in [6.45, 7) is 2.58. The quantitative estimate of drug-likeness (QED) is 0.562. The molecule has 0 aliphatic rings. The molecular formula is C24H24N2O2S. The van der Waals surface area contributed by atoms with E-state index in [4.69, 9.17) is 17.0 Å². The lowest BCUT2D eigenvalue weighted by Gasteiger charge is -2.16. The standard InChI is InChI=1S/C24H24N2O2S/c1-18(20-10-6-3-7-11-20)25-24(29)26-23(27)21-12-14-22(15-13-21)28-17-16-19-8-4-2-5-9-19/h2-15,18H,16-17H2,1H3,(H2,25,26,27,29). The van der Waals surface area contributed by atoms with Gasteiger partial charge >= 0.3 is 0 Å². The Kier molecular flexibility index (Phi) is 7.36. The van der Waals surface area contributed by atoms with Crippen molar-refractivity contribution in [3.8, 4) is 5.75 Å². The topological polar surface area (TPSA) is 50.4 Å². The monoisotopic (exact) mass is 404 g/mol. The van der Waals surface area contributed by atoms with E-state index in [2.05, 4.69) is 22.8 Å². The molecular weight excluding hydrogens is 380 g/mol. The van der Waals surface area contributed by atoms with Crippen LogP contribution in [0.15, 0.2) is 84.9 Å². The van der Waals surface area contributed by atoms with Crippen LogP contribution in [0.4, 0.5) is 0 Å². The van der Waals surface area contributed by atoms with Crippen LogP contribution in [-0.2, 0) is 6.42 Å². The highest BCUT2D eigenvalue weighted by Gasteiger charge is 2.11. The van der Waals surface area contributed by atoms with Crippen molar-refractivity contribution in [2.75, 3.05) is 6.61 Å². The molecule has 0 saturated carbocycles. The van der Waals surface area contributed by atoms with Gasteiger partial charge in [-0.15, -0.1) is 0 Å². The van der Waals surface area contributed by atoms with Crippen molar-refractivity contribution in [2.45, 2.75) is 19.4 Å². The Morgan fingerprint density at radius 1 is 0.931 bits per heavy atom. The summed E-state index contributed by atoms with van der Waals surface area (Å²) in [7, 11) is 0. The molecule has 0 heterocycles. The second-order valence-corrected chi connectivity index (χ2v) is 7.08. The van der Waals surface area contributed by atoms with Gasteiger partial charge in [-0.1, -0.05) is 60.7 Å². The van der Waals surface area contributed by atoms with Crippen molar-refractivity contribution in [1.29, 1.82) is 0 Å². The van der Waals surface area contributed by atoms with Crippen LogP contribution in [0.1, 0.15) is 34.5 Å². The van der Waals surface area contributed by atoms with Crippen molar-refractivity contribution in [3.05, 3.63) is 102 Å². The van der Waals surface area contributed by atoms with E-state index in [0.29, 0.717) is 17.3 Å². The fourth-order valence-electron chi connectivity index (χ4n) is 2.87. The molecule has 5 heteroatoms. The maximum atomic E-state index is 12.4. The molecule has 3 aromatic rings. The van der Waals surface area contributed by atoms with Crippen molar-refractivity contribution in [1.82, 2.24) is 10.6 Å². The van der Waals surface area contributed by atoms with Crippen molar-refractivity contribution in [2.24, 2.45) is 0 Å². The highest BCUT2D eigenvalue weighted by molar-refractivity contribution is 7.80. The second kappa shape index (κ2) is 10.4. The largest absolute Gasteiger partial charge is 0.493 e. The molecule has 0 aliphatic carbocycles. The molecule has 0 aromatic heterocycles. The summed E-state index contributed by atoms with van der Waals surface area (Å²) in [6.07, 6.45) is 0.836. The van der Waals surface area contributed by atoms with E-state index in [1.165, 1.54) is 5.56 Å². The summed E-state index contributed by atoms with van der Waals surface area (Å²) in [4.78, 5) is 12.4. The van der Waals surface area contributed by atoms with Gasteiger partial charge in [-0.2, -0.15) is 0 Å². The molecule has 3 aromatic carbocycles. The maximum absolute atomic E-state index is 12.4. The third-order valence-corrected chi connectivity index (χ3v) is 4.71. The first-order valence-corrected chi connectivity index (χ1v) is 9.96. The molecule has 1 atom stereocenters. The molecule has 3 rings (SSSR count). The Labute approximate surface area is 176 Å². The first-order chi connectivity index (χ1) is 14.1. The Bertz CT molecular complexity index is 928. The van der Waals surface area contributed by atoms with Gasteiger partial charge in [0, 0.05) is 12.0 Å². The van der Waals surface area contributed by atoms with Gasteiger partial charge in [0.25, 0.3) is 5.91 Å². The van der Waals surface area contributed by atoms with E-state index >= 15 is 0 Å². The second-order valence-electron chi connectivity index (χ2n) is 6.67. The number of carbonyl (C=O) groups is 1. The molecule has 0 aliphatic heterocycles. The van der Waals surface area contributed by atoms with Gasteiger partial charge in [0.15, 0.2) is 5.11 Å². The fourth-order valence-corrected chi connectivity index (χ4v) is 3.14. The molecule has 29 heavy (non-hydrogen) atoms. The lowest BCUT2D eigenvalue weighted by Crippen LogP contribution is -2.40. The minimum atomic E-state index is -0.251. The summed E-state index contributed by atoms with van der Waals surface area (Å²) in [5.74, 6) is 0.481. The zero-order chi connectivity index (χ0) is 20.5. The number of benzene rings is 3. The van der Waals surface area contributed by atoms with Gasteiger partial charge in [0.2, 0.25) is 0 Å². The number of hydrogen-bond acceptors (Lipinski definition) is 3. The summed E-state index contributed by atoms with van der Waals surface area (Å²) in [5, 5.41) is 6.15. The van der Waals surface area contributed by atoms with E-state index in [9.17, 15) is 4.79 Å². The van der Waals surface area contributed by atoms with Gasteiger partial charge in [0.05, 0.1) is 12.6 Å². The zero-order valence-corrected chi connectivity index (χ0v) is 17.1. The van der Waals surface area contributed by atoms with Crippen LogP contribution >= 0.6 is 12.2 Å². The van der Waals surface area contributed by atoms with E-state index in [-0.39, 0.29) is 11.9 Å². The molecule has 0 fully saturated rings. The molecule has 0 radical (unpaired) electrons. The van der Waals surface area contributed by atoms with Crippen molar-refractivity contribution >= 4 is 23.2 Å². The van der Waals surface area contributed by atoms with Crippen molar-refractivity contribution < 1.29 is 9.53 Å². The Balaban J connectivity index is 1.46.